The number of hydrogen-bond acceptors (Lipinski definition) is 6. The number of aryl methyl sites for hydroxylation is 1. The van der Waals surface area contributed by atoms with Crippen LogP contribution in [0.4, 0.5) is 4.79 Å². The SMILES string of the molecule is Cc1noc(CCNCC2CCCN2C(=O)OC(C)(C)C)n1. The van der Waals surface area contributed by atoms with Crippen molar-refractivity contribution in [3.63, 3.8) is 0 Å². The van der Waals surface area contributed by atoms with Crippen molar-refractivity contribution in [1.82, 2.24) is 20.4 Å². The number of carbonyl (C=O) groups is 1. The van der Waals surface area contributed by atoms with Crippen LogP contribution in [-0.2, 0) is 11.2 Å². The first-order valence-corrected chi connectivity index (χ1v) is 7.85. The largest absolute Gasteiger partial charge is 0.444 e. The second-order valence-electron chi connectivity index (χ2n) is 6.66. The molecule has 1 amide bonds. The molecule has 1 unspecified atom stereocenters. The molecule has 7 heteroatoms. The second-order valence-corrected chi connectivity index (χ2v) is 6.66. The fourth-order valence-corrected chi connectivity index (χ4v) is 2.51. The number of likely N-dealkylation sites (tertiary alicyclic amines) is 1. The van der Waals surface area contributed by atoms with Crippen molar-refractivity contribution in [1.29, 1.82) is 0 Å². The van der Waals surface area contributed by atoms with Crippen LogP contribution in [0.3, 0.4) is 0 Å². The molecule has 1 atom stereocenters. The second kappa shape index (κ2) is 7.09. The molecule has 0 aliphatic carbocycles. The van der Waals surface area contributed by atoms with Crippen LogP contribution in [0, 0.1) is 6.92 Å². The molecule has 7 nitrogen and oxygen atoms in total. The number of hydrogen-bond donors (Lipinski definition) is 1. The molecular weight excluding hydrogens is 284 g/mol. The number of nitrogens with one attached hydrogen (secondary N) is 1. The zero-order valence-corrected chi connectivity index (χ0v) is 13.9. The summed E-state index contributed by atoms with van der Waals surface area (Å²) in [4.78, 5) is 18.2. The van der Waals surface area contributed by atoms with E-state index in [4.69, 9.17) is 9.26 Å². The normalized spacial score (nSPS) is 18.7. The highest BCUT2D eigenvalue weighted by molar-refractivity contribution is 5.69. The van der Waals surface area contributed by atoms with E-state index in [9.17, 15) is 4.79 Å². The van der Waals surface area contributed by atoms with Crippen LogP contribution in [0.2, 0.25) is 0 Å². The number of carbonyl (C=O) groups excluding carboxylic acids is 1. The van der Waals surface area contributed by atoms with Gasteiger partial charge in [-0.2, -0.15) is 4.98 Å². The molecule has 1 saturated heterocycles. The van der Waals surface area contributed by atoms with Crippen LogP contribution in [-0.4, -0.2) is 52.4 Å². The average molecular weight is 310 g/mol. The van der Waals surface area contributed by atoms with Gasteiger partial charge in [0.25, 0.3) is 0 Å². The summed E-state index contributed by atoms with van der Waals surface area (Å²) in [6, 6.07) is 0.194. The van der Waals surface area contributed by atoms with Crippen molar-refractivity contribution in [2.45, 2.75) is 58.6 Å². The highest BCUT2D eigenvalue weighted by Crippen LogP contribution is 2.20. The zero-order valence-electron chi connectivity index (χ0n) is 13.9. The van der Waals surface area contributed by atoms with Crippen LogP contribution >= 0.6 is 0 Å². The summed E-state index contributed by atoms with van der Waals surface area (Å²) in [7, 11) is 0. The maximum absolute atomic E-state index is 12.2. The molecule has 1 N–H and O–H groups in total. The minimum absolute atomic E-state index is 0.194. The number of amides is 1. The third-order valence-electron chi connectivity index (χ3n) is 3.47. The Bertz CT molecular complexity index is 495. The maximum atomic E-state index is 12.2. The van der Waals surface area contributed by atoms with Crippen molar-refractivity contribution >= 4 is 6.09 Å². The van der Waals surface area contributed by atoms with E-state index in [1.807, 2.05) is 25.7 Å². The van der Waals surface area contributed by atoms with Crippen LogP contribution in [0.1, 0.15) is 45.3 Å². The molecule has 124 valence electrons. The number of rotatable bonds is 5. The van der Waals surface area contributed by atoms with Crippen molar-refractivity contribution < 1.29 is 14.1 Å². The summed E-state index contributed by atoms with van der Waals surface area (Å²) >= 11 is 0. The summed E-state index contributed by atoms with van der Waals surface area (Å²) in [5.41, 5.74) is -0.451. The first-order chi connectivity index (χ1) is 10.3. The Morgan fingerprint density at radius 2 is 2.27 bits per heavy atom. The van der Waals surface area contributed by atoms with Gasteiger partial charge >= 0.3 is 6.09 Å². The molecule has 2 rings (SSSR count). The molecule has 2 heterocycles. The molecule has 1 aromatic heterocycles. The van der Waals surface area contributed by atoms with Gasteiger partial charge in [0, 0.05) is 32.1 Å². The van der Waals surface area contributed by atoms with Gasteiger partial charge in [0.05, 0.1) is 0 Å². The van der Waals surface area contributed by atoms with Gasteiger partial charge in [-0.25, -0.2) is 4.79 Å². The van der Waals surface area contributed by atoms with Gasteiger partial charge in [-0.15, -0.1) is 0 Å². The van der Waals surface area contributed by atoms with Crippen LogP contribution in [0.25, 0.3) is 0 Å². The predicted octanol–water partition coefficient (Wildman–Crippen LogP) is 1.91. The standard InChI is InChI=1S/C15H26N4O3/c1-11-17-13(22-18-11)7-8-16-10-12-6-5-9-19(12)14(20)21-15(2,3)4/h12,16H,5-10H2,1-4H3. The first kappa shape index (κ1) is 16.7. The van der Waals surface area contributed by atoms with Crippen molar-refractivity contribution in [2.75, 3.05) is 19.6 Å². The fraction of sp³-hybridized carbons (Fsp3) is 0.800. The molecule has 1 aliphatic heterocycles. The molecule has 0 bridgehead atoms. The lowest BCUT2D eigenvalue weighted by atomic mass is 10.2. The van der Waals surface area contributed by atoms with Crippen LogP contribution in [0.5, 0.6) is 0 Å². The topological polar surface area (TPSA) is 80.5 Å². The highest BCUT2D eigenvalue weighted by Gasteiger charge is 2.31. The van der Waals surface area contributed by atoms with Gasteiger partial charge in [0.15, 0.2) is 5.82 Å². The van der Waals surface area contributed by atoms with Gasteiger partial charge in [-0.1, -0.05) is 5.16 Å². The molecule has 1 fully saturated rings. The Morgan fingerprint density at radius 3 is 2.91 bits per heavy atom. The summed E-state index contributed by atoms with van der Waals surface area (Å²) in [6.07, 6.45) is 2.50. The van der Waals surface area contributed by atoms with E-state index in [-0.39, 0.29) is 12.1 Å². The van der Waals surface area contributed by atoms with Crippen molar-refractivity contribution in [3.8, 4) is 0 Å². The van der Waals surface area contributed by atoms with Gasteiger partial charge < -0.3 is 19.5 Å². The lowest BCUT2D eigenvalue weighted by molar-refractivity contribution is 0.0226. The predicted molar refractivity (Wildman–Crippen MR) is 81.6 cm³/mol. The van der Waals surface area contributed by atoms with E-state index < -0.39 is 5.60 Å². The average Bonchev–Trinajstić information content (AvgIpc) is 3.01. The van der Waals surface area contributed by atoms with Crippen LogP contribution < -0.4 is 5.32 Å². The quantitative estimate of drug-likeness (QED) is 0.837. The maximum Gasteiger partial charge on any atom is 0.410 e. The molecule has 0 spiro atoms. The Kier molecular flexibility index (Phi) is 5.39. The minimum Gasteiger partial charge on any atom is -0.444 e. The summed E-state index contributed by atoms with van der Waals surface area (Å²) in [5, 5.41) is 7.11. The third-order valence-corrected chi connectivity index (χ3v) is 3.47. The van der Waals surface area contributed by atoms with Gasteiger partial charge in [-0.3, -0.25) is 0 Å². The Hall–Kier alpha value is -1.63. The molecule has 0 saturated carbocycles. The van der Waals surface area contributed by atoms with E-state index in [1.54, 1.807) is 6.92 Å². The first-order valence-electron chi connectivity index (χ1n) is 7.85. The molecule has 22 heavy (non-hydrogen) atoms. The van der Waals surface area contributed by atoms with Crippen LogP contribution in [0.15, 0.2) is 4.52 Å². The fourth-order valence-electron chi connectivity index (χ4n) is 2.51. The van der Waals surface area contributed by atoms with E-state index in [2.05, 4.69) is 15.5 Å². The summed E-state index contributed by atoms with van der Waals surface area (Å²) in [6.45, 7) is 9.75. The van der Waals surface area contributed by atoms with Gasteiger partial charge in [-0.05, 0) is 40.5 Å². The Morgan fingerprint density at radius 1 is 1.50 bits per heavy atom. The zero-order chi connectivity index (χ0) is 16.2. The van der Waals surface area contributed by atoms with Crippen molar-refractivity contribution in [3.05, 3.63) is 11.7 Å². The summed E-state index contributed by atoms with van der Waals surface area (Å²) in [5.74, 6) is 1.29. The highest BCUT2D eigenvalue weighted by atomic mass is 16.6. The van der Waals surface area contributed by atoms with Gasteiger partial charge in [0.1, 0.15) is 5.60 Å². The monoisotopic (exact) mass is 310 g/mol. The van der Waals surface area contributed by atoms with E-state index in [0.717, 1.165) is 32.5 Å². The number of aromatic nitrogens is 2. The Balaban J connectivity index is 1.73. The van der Waals surface area contributed by atoms with Gasteiger partial charge in [0.2, 0.25) is 5.89 Å². The van der Waals surface area contributed by atoms with E-state index in [0.29, 0.717) is 18.1 Å². The third kappa shape index (κ3) is 4.98. The molecule has 0 aromatic carbocycles. The molecule has 0 radical (unpaired) electrons. The molecule has 1 aliphatic rings. The smallest absolute Gasteiger partial charge is 0.410 e. The van der Waals surface area contributed by atoms with E-state index >= 15 is 0 Å². The Labute approximate surface area is 131 Å². The van der Waals surface area contributed by atoms with Crippen molar-refractivity contribution in [2.24, 2.45) is 0 Å². The number of ether oxygens (including phenoxy) is 1. The lowest BCUT2D eigenvalue weighted by Crippen LogP contribution is -2.44. The summed E-state index contributed by atoms with van der Waals surface area (Å²) < 4.78 is 10.5. The molecule has 1 aromatic rings. The van der Waals surface area contributed by atoms with E-state index in [1.165, 1.54) is 0 Å². The number of nitrogens with zero attached hydrogens (tertiary/aromatic N) is 3. The lowest BCUT2D eigenvalue weighted by Gasteiger charge is -2.28. The molecular formula is C15H26N4O3. The minimum atomic E-state index is -0.451.